The molecule has 21 heavy (non-hydrogen) atoms. The molecule has 1 fully saturated rings. The van der Waals surface area contributed by atoms with E-state index in [1.165, 1.54) is 0 Å². The van der Waals surface area contributed by atoms with Crippen molar-refractivity contribution in [1.29, 1.82) is 0 Å². The van der Waals surface area contributed by atoms with E-state index in [9.17, 15) is 9.90 Å². The van der Waals surface area contributed by atoms with Crippen LogP contribution in [0.4, 0.5) is 0 Å². The number of aliphatic carboxylic acids is 1. The number of hydrogen-bond acceptors (Lipinski definition) is 4. The molecular weight excluding hydrogens is 270 g/mol. The summed E-state index contributed by atoms with van der Waals surface area (Å²) >= 11 is 0. The van der Waals surface area contributed by atoms with E-state index in [-0.39, 0.29) is 12.2 Å². The largest absolute Gasteiger partial charge is 0.507 e. The van der Waals surface area contributed by atoms with Crippen LogP contribution in [0.1, 0.15) is 31.2 Å². The lowest BCUT2D eigenvalue weighted by molar-refractivity contribution is -0.137. The van der Waals surface area contributed by atoms with Gasteiger partial charge in [-0.05, 0) is 37.8 Å². The summed E-state index contributed by atoms with van der Waals surface area (Å²) in [4.78, 5) is 13.0. The molecule has 2 rings (SSSR count). The first kappa shape index (κ1) is 15.6. The topological polar surface area (TPSA) is 70.0 Å². The Labute approximate surface area is 125 Å². The summed E-state index contributed by atoms with van der Waals surface area (Å²) in [6.45, 7) is 2.59. The van der Waals surface area contributed by atoms with Crippen molar-refractivity contribution in [2.75, 3.05) is 20.2 Å². The Kier molecular flexibility index (Phi) is 5.44. The van der Waals surface area contributed by atoms with Crippen LogP contribution in [0.25, 0.3) is 0 Å². The summed E-state index contributed by atoms with van der Waals surface area (Å²) in [5, 5.41) is 18.8. The van der Waals surface area contributed by atoms with Crippen LogP contribution in [-0.2, 0) is 11.3 Å². The maximum Gasteiger partial charge on any atom is 0.303 e. The van der Waals surface area contributed by atoms with Crippen LogP contribution in [0.3, 0.4) is 0 Å². The van der Waals surface area contributed by atoms with Crippen molar-refractivity contribution < 1.29 is 19.7 Å². The SMILES string of the molecule is COc1ccc(CN2CCCC(CCC(=O)O)C2)c(O)c1. The van der Waals surface area contributed by atoms with Gasteiger partial charge in [0.1, 0.15) is 11.5 Å². The standard InChI is InChI=1S/C16H23NO4/c1-21-14-6-5-13(15(18)9-14)11-17-8-2-3-12(10-17)4-7-16(19)20/h5-6,9,12,18H,2-4,7-8,10-11H2,1H3,(H,19,20). The minimum atomic E-state index is -0.722. The van der Waals surface area contributed by atoms with E-state index in [0.29, 0.717) is 18.2 Å². The van der Waals surface area contributed by atoms with Gasteiger partial charge in [-0.15, -0.1) is 0 Å². The number of phenolic OH excluding ortho intramolecular Hbond substituents is 1. The fourth-order valence-electron chi connectivity index (χ4n) is 2.90. The van der Waals surface area contributed by atoms with E-state index in [1.54, 1.807) is 13.2 Å². The molecule has 1 unspecified atom stereocenters. The molecule has 5 nitrogen and oxygen atoms in total. The van der Waals surface area contributed by atoms with Crippen LogP contribution in [0.2, 0.25) is 0 Å². The van der Waals surface area contributed by atoms with Gasteiger partial charge in [-0.1, -0.05) is 6.07 Å². The quantitative estimate of drug-likeness (QED) is 0.843. The Morgan fingerprint density at radius 3 is 2.95 bits per heavy atom. The van der Waals surface area contributed by atoms with Gasteiger partial charge in [0.25, 0.3) is 0 Å². The second kappa shape index (κ2) is 7.31. The predicted molar refractivity (Wildman–Crippen MR) is 79.5 cm³/mol. The molecule has 5 heteroatoms. The molecule has 2 N–H and O–H groups in total. The zero-order valence-corrected chi connectivity index (χ0v) is 12.4. The van der Waals surface area contributed by atoms with E-state index in [1.807, 2.05) is 12.1 Å². The molecule has 0 saturated carbocycles. The number of carboxylic acid groups (broad SMARTS) is 1. The lowest BCUT2D eigenvalue weighted by atomic mass is 9.93. The van der Waals surface area contributed by atoms with E-state index in [2.05, 4.69) is 4.90 Å². The molecule has 0 aliphatic carbocycles. The molecular formula is C16H23NO4. The van der Waals surface area contributed by atoms with Crippen molar-refractivity contribution in [3.05, 3.63) is 23.8 Å². The highest BCUT2D eigenvalue weighted by atomic mass is 16.5. The van der Waals surface area contributed by atoms with Crippen molar-refractivity contribution in [3.63, 3.8) is 0 Å². The van der Waals surface area contributed by atoms with E-state index in [4.69, 9.17) is 9.84 Å². The van der Waals surface area contributed by atoms with Gasteiger partial charge in [0, 0.05) is 31.1 Å². The summed E-state index contributed by atoms with van der Waals surface area (Å²) in [6.07, 6.45) is 3.16. The number of methoxy groups -OCH3 is 1. The average Bonchev–Trinajstić information content (AvgIpc) is 2.47. The molecule has 116 valence electrons. The molecule has 1 aliphatic rings. The van der Waals surface area contributed by atoms with Crippen LogP contribution in [0, 0.1) is 5.92 Å². The number of rotatable bonds is 6. The predicted octanol–water partition coefficient (Wildman–Crippen LogP) is 2.48. The number of nitrogens with zero attached hydrogens (tertiary/aromatic N) is 1. The first-order valence-corrected chi connectivity index (χ1v) is 7.38. The van der Waals surface area contributed by atoms with Crippen molar-refractivity contribution in [2.24, 2.45) is 5.92 Å². The van der Waals surface area contributed by atoms with Gasteiger partial charge < -0.3 is 14.9 Å². The van der Waals surface area contributed by atoms with E-state index < -0.39 is 5.97 Å². The number of piperidine rings is 1. The third-order valence-corrected chi connectivity index (χ3v) is 4.06. The number of aromatic hydroxyl groups is 1. The molecule has 1 aliphatic heterocycles. The zero-order chi connectivity index (χ0) is 15.2. The van der Waals surface area contributed by atoms with Crippen molar-refractivity contribution in [1.82, 2.24) is 4.90 Å². The Morgan fingerprint density at radius 1 is 1.48 bits per heavy atom. The molecule has 0 aromatic heterocycles. The number of hydrogen-bond donors (Lipinski definition) is 2. The van der Waals surface area contributed by atoms with Crippen molar-refractivity contribution >= 4 is 5.97 Å². The fourth-order valence-corrected chi connectivity index (χ4v) is 2.90. The number of phenols is 1. The maximum atomic E-state index is 10.7. The van der Waals surface area contributed by atoms with Crippen molar-refractivity contribution in [3.8, 4) is 11.5 Å². The molecule has 1 aromatic rings. The Balaban J connectivity index is 1.91. The van der Waals surface area contributed by atoms with E-state index >= 15 is 0 Å². The number of benzene rings is 1. The normalized spacial score (nSPS) is 19.4. The van der Waals surface area contributed by atoms with Gasteiger partial charge in [0.05, 0.1) is 7.11 Å². The smallest absolute Gasteiger partial charge is 0.303 e. The third-order valence-electron chi connectivity index (χ3n) is 4.06. The van der Waals surface area contributed by atoms with Gasteiger partial charge in [-0.25, -0.2) is 0 Å². The first-order valence-electron chi connectivity index (χ1n) is 7.38. The average molecular weight is 293 g/mol. The van der Waals surface area contributed by atoms with Gasteiger partial charge >= 0.3 is 5.97 Å². The first-order chi connectivity index (χ1) is 10.1. The maximum absolute atomic E-state index is 10.7. The molecule has 0 radical (unpaired) electrons. The summed E-state index contributed by atoms with van der Waals surface area (Å²) < 4.78 is 5.08. The van der Waals surface area contributed by atoms with Gasteiger partial charge in [0.2, 0.25) is 0 Å². The summed E-state index contributed by atoms with van der Waals surface area (Å²) in [6, 6.07) is 5.36. The van der Waals surface area contributed by atoms with E-state index in [0.717, 1.165) is 37.9 Å². The van der Waals surface area contributed by atoms with Crippen LogP contribution < -0.4 is 4.74 Å². The van der Waals surface area contributed by atoms with Gasteiger partial charge in [-0.2, -0.15) is 0 Å². The molecule has 1 saturated heterocycles. The highest BCUT2D eigenvalue weighted by Gasteiger charge is 2.21. The number of carbonyl (C=O) groups is 1. The minimum absolute atomic E-state index is 0.242. The number of carboxylic acids is 1. The zero-order valence-electron chi connectivity index (χ0n) is 12.4. The van der Waals surface area contributed by atoms with Crippen LogP contribution in [0.15, 0.2) is 18.2 Å². The molecule has 1 aromatic carbocycles. The second-order valence-electron chi connectivity index (χ2n) is 5.67. The molecule has 0 bridgehead atoms. The third kappa shape index (κ3) is 4.63. The Bertz CT molecular complexity index is 489. The highest BCUT2D eigenvalue weighted by molar-refractivity contribution is 5.66. The van der Waals surface area contributed by atoms with Gasteiger partial charge in [-0.3, -0.25) is 9.69 Å². The number of ether oxygens (including phenoxy) is 1. The Morgan fingerprint density at radius 2 is 2.29 bits per heavy atom. The van der Waals surface area contributed by atoms with Gasteiger partial charge in [0.15, 0.2) is 0 Å². The summed E-state index contributed by atoms with van der Waals surface area (Å²) in [5.74, 6) is 0.617. The minimum Gasteiger partial charge on any atom is -0.507 e. The number of likely N-dealkylation sites (tertiary alicyclic amines) is 1. The molecule has 1 atom stereocenters. The molecule has 0 amide bonds. The highest BCUT2D eigenvalue weighted by Crippen LogP contribution is 2.27. The van der Waals surface area contributed by atoms with Crippen molar-refractivity contribution in [2.45, 2.75) is 32.2 Å². The van der Waals surface area contributed by atoms with Crippen LogP contribution in [-0.4, -0.2) is 41.3 Å². The second-order valence-corrected chi connectivity index (χ2v) is 5.67. The molecule has 1 heterocycles. The fraction of sp³-hybridized carbons (Fsp3) is 0.562. The molecule has 0 spiro atoms. The lowest BCUT2D eigenvalue weighted by Gasteiger charge is -2.32. The summed E-state index contributed by atoms with van der Waals surface area (Å²) in [7, 11) is 1.58. The Hall–Kier alpha value is -1.75. The van der Waals surface area contributed by atoms with Crippen LogP contribution >= 0.6 is 0 Å². The summed E-state index contributed by atoms with van der Waals surface area (Å²) in [5.41, 5.74) is 0.884. The monoisotopic (exact) mass is 293 g/mol. The lowest BCUT2D eigenvalue weighted by Crippen LogP contribution is -2.35. The van der Waals surface area contributed by atoms with Crippen LogP contribution in [0.5, 0.6) is 11.5 Å².